The van der Waals surface area contributed by atoms with Crippen LogP contribution in [0, 0.1) is 11.8 Å². The van der Waals surface area contributed by atoms with Gasteiger partial charge in [-0.15, -0.1) is 0 Å². The van der Waals surface area contributed by atoms with Gasteiger partial charge in [-0.05, 0) is 48.9 Å². The Kier molecular flexibility index (Phi) is 6.28. The first-order valence-electron chi connectivity index (χ1n) is 6.90. The van der Waals surface area contributed by atoms with Crippen molar-refractivity contribution in [2.24, 2.45) is 11.8 Å². The summed E-state index contributed by atoms with van der Waals surface area (Å²) in [5.74, 6) is 1.45. The Hall–Kier alpha value is -0.820. The Morgan fingerprint density at radius 1 is 1.06 bits per heavy atom. The third-order valence-electron chi connectivity index (χ3n) is 3.03. The SMILES string of the molecule is CCc1cccc(CC(C)CNCC(C)C)c1. The normalized spacial score (nSPS) is 13.0. The van der Waals surface area contributed by atoms with Gasteiger partial charge in [-0.1, -0.05) is 52.0 Å². The van der Waals surface area contributed by atoms with Crippen LogP contribution in [0.1, 0.15) is 38.8 Å². The van der Waals surface area contributed by atoms with Crippen LogP contribution in [0.5, 0.6) is 0 Å². The van der Waals surface area contributed by atoms with Gasteiger partial charge in [0.05, 0.1) is 0 Å². The lowest BCUT2D eigenvalue weighted by Gasteiger charge is -2.14. The highest BCUT2D eigenvalue weighted by molar-refractivity contribution is 5.23. The molecule has 1 aromatic carbocycles. The number of aryl methyl sites for hydroxylation is 1. The molecule has 0 amide bonds. The van der Waals surface area contributed by atoms with E-state index in [1.165, 1.54) is 17.5 Å². The van der Waals surface area contributed by atoms with E-state index in [0.717, 1.165) is 25.4 Å². The van der Waals surface area contributed by atoms with E-state index in [1.807, 2.05) is 0 Å². The molecule has 1 aromatic rings. The maximum absolute atomic E-state index is 3.53. The van der Waals surface area contributed by atoms with Gasteiger partial charge in [0.25, 0.3) is 0 Å². The fourth-order valence-corrected chi connectivity index (χ4v) is 2.07. The topological polar surface area (TPSA) is 12.0 Å². The molecule has 17 heavy (non-hydrogen) atoms. The summed E-state index contributed by atoms with van der Waals surface area (Å²) >= 11 is 0. The van der Waals surface area contributed by atoms with Crippen molar-refractivity contribution >= 4 is 0 Å². The van der Waals surface area contributed by atoms with Crippen molar-refractivity contribution in [1.29, 1.82) is 0 Å². The van der Waals surface area contributed by atoms with Crippen LogP contribution in [0.25, 0.3) is 0 Å². The second kappa shape index (κ2) is 7.50. The summed E-state index contributed by atoms with van der Waals surface area (Å²) in [6, 6.07) is 8.99. The lowest BCUT2D eigenvalue weighted by atomic mass is 9.99. The lowest BCUT2D eigenvalue weighted by Crippen LogP contribution is -2.26. The summed E-state index contributed by atoms with van der Waals surface area (Å²) < 4.78 is 0. The monoisotopic (exact) mass is 233 g/mol. The molecule has 1 rings (SSSR count). The minimum Gasteiger partial charge on any atom is -0.316 e. The van der Waals surface area contributed by atoms with Crippen LogP contribution >= 0.6 is 0 Å². The third kappa shape index (κ3) is 5.88. The van der Waals surface area contributed by atoms with Crippen molar-refractivity contribution in [3.8, 4) is 0 Å². The van der Waals surface area contributed by atoms with Crippen LogP contribution in [-0.2, 0) is 12.8 Å². The molecule has 0 saturated carbocycles. The summed E-state index contributed by atoms with van der Waals surface area (Å²) in [4.78, 5) is 0. The molecule has 1 nitrogen and oxygen atoms in total. The molecule has 1 heteroatoms. The maximum atomic E-state index is 3.53. The molecule has 0 bridgehead atoms. The Morgan fingerprint density at radius 3 is 2.41 bits per heavy atom. The highest BCUT2D eigenvalue weighted by Gasteiger charge is 2.04. The molecule has 96 valence electrons. The molecule has 0 aromatic heterocycles. The molecule has 0 heterocycles. The molecule has 1 atom stereocenters. The minimum atomic E-state index is 0.709. The van der Waals surface area contributed by atoms with E-state index in [2.05, 4.69) is 57.3 Å². The minimum absolute atomic E-state index is 0.709. The zero-order valence-corrected chi connectivity index (χ0v) is 11.8. The maximum Gasteiger partial charge on any atom is -0.00199 e. The number of rotatable bonds is 7. The van der Waals surface area contributed by atoms with Crippen molar-refractivity contribution in [3.63, 3.8) is 0 Å². The van der Waals surface area contributed by atoms with Gasteiger partial charge in [0.1, 0.15) is 0 Å². The molecule has 0 aliphatic heterocycles. The summed E-state index contributed by atoms with van der Waals surface area (Å²) in [7, 11) is 0. The van der Waals surface area contributed by atoms with E-state index in [1.54, 1.807) is 0 Å². The van der Waals surface area contributed by atoms with Gasteiger partial charge < -0.3 is 5.32 Å². The number of nitrogens with one attached hydrogen (secondary N) is 1. The number of hydrogen-bond donors (Lipinski definition) is 1. The lowest BCUT2D eigenvalue weighted by molar-refractivity contribution is 0.473. The Bertz CT molecular complexity index is 317. The fraction of sp³-hybridized carbons (Fsp3) is 0.625. The predicted molar refractivity (Wildman–Crippen MR) is 76.4 cm³/mol. The van der Waals surface area contributed by atoms with E-state index in [4.69, 9.17) is 0 Å². The van der Waals surface area contributed by atoms with Gasteiger partial charge in [-0.25, -0.2) is 0 Å². The zero-order chi connectivity index (χ0) is 12.7. The van der Waals surface area contributed by atoms with Gasteiger partial charge in [0, 0.05) is 0 Å². The molecule has 1 unspecified atom stereocenters. The number of benzene rings is 1. The van der Waals surface area contributed by atoms with Crippen LogP contribution in [0.4, 0.5) is 0 Å². The summed E-state index contributed by atoms with van der Waals surface area (Å²) in [5, 5.41) is 3.53. The van der Waals surface area contributed by atoms with Gasteiger partial charge in [-0.2, -0.15) is 0 Å². The molecule has 0 saturated heterocycles. The van der Waals surface area contributed by atoms with E-state index < -0.39 is 0 Å². The molecule has 0 aliphatic carbocycles. The number of hydrogen-bond acceptors (Lipinski definition) is 1. The second-order valence-electron chi connectivity index (χ2n) is 5.53. The van der Waals surface area contributed by atoms with E-state index in [0.29, 0.717) is 5.92 Å². The van der Waals surface area contributed by atoms with Crippen LogP contribution in [-0.4, -0.2) is 13.1 Å². The average molecular weight is 233 g/mol. The molecule has 0 fully saturated rings. The largest absolute Gasteiger partial charge is 0.316 e. The zero-order valence-electron chi connectivity index (χ0n) is 11.8. The van der Waals surface area contributed by atoms with Crippen molar-refractivity contribution in [2.75, 3.05) is 13.1 Å². The highest BCUT2D eigenvalue weighted by Crippen LogP contribution is 2.11. The van der Waals surface area contributed by atoms with Gasteiger partial charge in [0.2, 0.25) is 0 Å². The van der Waals surface area contributed by atoms with Gasteiger partial charge in [0.15, 0.2) is 0 Å². The highest BCUT2D eigenvalue weighted by atomic mass is 14.9. The average Bonchev–Trinajstić information content (AvgIpc) is 2.28. The summed E-state index contributed by atoms with van der Waals surface area (Å²) in [5.41, 5.74) is 2.92. The first kappa shape index (κ1) is 14.2. The fourth-order valence-electron chi connectivity index (χ4n) is 2.07. The Balaban J connectivity index is 2.36. The van der Waals surface area contributed by atoms with E-state index in [-0.39, 0.29) is 0 Å². The van der Waals surface area contributed by atoms with Gasteiger partial charge in [-0.3, -0.25) is 0 Å². The molecule has 1 N–H and O–H groups in total. The van der Waals surface area contributed by atoms with Crippen molar-refractivity contribution in [2.45, 2.75) is 40.5 Å². The molecule has 0 aliphatic rings. The van der Waals surface area contributed by atoms with Crippen molar-refractivity contribution in [1.82, 2.24) is 5.32 Å². The summed E-state index contributed by atoms with van der Waals surface area (Å²) in [6.45, 7) is 11.3. The first-order valence-corrected chi connectivity index (χ1v) is 6.90. The van der Waals surface area contributed by atoms with Crippen molar-refractivity contribution in [3.05, 3.63) is 35.4 Å². The smallest absolute Gasteiger partial charge is 0.00199 e. The Morgan fingerprint density at radius 2 is 1.76 bits per heavy atom. The molecule has 0 spiro atoms. The van der Waals surface area contributed by atoms with Crippen molar-refractivity contribution < 1.29 is 0 Å². The van der Waals surface area contributed by atoms with Gasteiger partial charge >= 0.3 is 0 Å². The van der Waals surface area contributed by atoms with Crippen LogP contribution in [0.15, 0.2) is 24.3 Å². The van der Waals surface area contributed by atoms with Crippen LogP contribution < -0.4 is 5.32 Å². The quantitative estimate of drug-likeness (QED) is 0.757. The van der Waals surface area contributed by atoms with E-state index >= 15 is 0 Å². The third-order valence-corrected chi connectivity index (χ3v) is 3.03. The van der Waals surface area contributed by atoms with E-state index in [9.17, 15) is 0 Å². The second-order valence-corrected chi connectivity index (χ2v) is 5.53. The predicted octanol–water partition coefficient (Wildman–Crippen LogP) is 3.67. The van der Waals surface area contributed by atoms with Crippen LogP contribution in [0.3, 0.4) is 0 Å². The standard InChI is InChI=1S/C16H27N/c1-5-15-7-6-8-16(10-15)9-14(4)12-17-11-13(2)3/h6-8,10,13-14,17H,5,9,11-12H2,1-4H3. The Labute approximate surface area is 107 Å². The molecular formula is C16H27N. The van der Waals surface area contributed by atoms with Crippen LogP contribution in [0.2, 0.25) is 0 Å². The summed E-state index contributed by atoms with van der Waals surface area (Å²) in [6.07, 6.45) is 2.31. The molecular weight excluding hydrogens is 206 g/mol. The molecule has 0 radical (unpaired) electrons. The first-order chi connectivity index (χ1) is 8.11.